The SMILES string of the molecule is CC=C(CC)C(=O)c1c(OC)cnn1CCN(C)C. The van der Waals surface area contributed by atoms with Crippen LogP contribution in [0.15, 0.2) is 17.8 Å². The third kappa shape index (κ3) is 3.67. The minimum atomic E-state index is -0.00175. The number of ketones is 1. The lowest BCUT2D eigenvalue weighted by atomic mass is 10.1. The number of methoxy groups -OCH3 is 1. The highest BCUT2D eigenvalue weighted by atomic mass is 16.5. The van der Waals surface area contributed by atoms with Crippen LogP contribution < -0.4 is 4.74 Å². The molecule has 0 saturated carbocycles. The summed E-state index contributed by atoms with van der Waals surface area (Å²) in [5.74, 6) is 0.537. The third-order valence-electron chi connectivity index (χ3n) is 3.02. The van der Waals surface area contributed by atoms with Crippen molar-refractivity contribution >= 4 is 5.78 Å². The molecule has 0 radical (unpaired) electrons. The van der Waals surface area contributed by atoms with Crippen molar-refractivity contribution in [2.75, 3.05) is 27.7 Å². The number of carbonyl (C=O) groups is 1. The van der Waals surface area contributed by atoms with Gasteiger partial charge >= 0.3 is 0 Å². The lowest BCUT2D eigenvalue weighted by Crippen LogP contribution is -2.22. The molecule has 0 aliphatic carbocycles. The fraction of sp³-hybridized carbons (Fsp3) is 0.571. The van der Waals surface area contributed by atoms with Crippen molar-refractivity contribution in [3.05, 3.63) is 23.5 Å². The molecule has 0 aliphatic heterocycles. The van der Waals surface area contributed by atoms with E-state index in [-0.39, 0.29) is 5.78 Å². The van der Waals surface area contributed by atoms with Crippen LogP contribution in [-0.2, 0) is 6.54 Å². The van der Waals surface area contributed by atoms with Gasteiger partial charge in [0, 0.05) is 6.54 Å². The van der Waals surface area contributed by atoms with Gasteiger partial charge in [0.2, 0.25) is 5.78 Å². The first-order valence-electron chi connectivity index (χ1n) is 6.49. The second-order valence-electron chi connectivity index (χ2n) is 4.58. The minimum absolute atomic E-state index is 0.00175. The topological polar surface area (TPSA) is 47.4 Å². The van der Waals surface area contributed by atoms with Crippen molar-refractivity contribution in [2.45, 2.75) is 26.8 Å². The van der Waals surface area contributed by atoms with E-state index in [0.717, 1.165) is 12.1 Å². The number of allylic oxidation sites excluding steroid dienone is 2. The number of likely N-dealkylation sites (N-methyl/N-ethyl adjacent to an activating group) is 1. The summed E-state index contributed by atoms with van der Waals surface area (Å²) in [6.45, 7) is 5.34. The molecule has 0 bridgehead atoms. The zero-order valence-corrected chi connectivity index (χ0v) is 12.4. The van der Waals surface area contributed by atoms with Gasteiger partial charge in [-0.3, -0.25) is 9.48 Å². The van der Waals surface area contributed by atoms with Gasteiger partial charge < -0.3 is 9.64 Å². The standard InChI is InChI=1S/C14H23N3O2/c1-6-11(7-2)14(18)13-12(19-5)10-15-17(13)9-8-16(3)4/h6,10H,7-9H2,1-5H3. The molecule has 0 N–H and O–H groups in total. The molecule has 1 aromatic heterocycles. The number of carbonyl (C=O) groups excluding carboxylic acids is 1. The zero-order valence-electron chi connectivity index (χ0n) is 12.4. The van der Waals surface area contributed by atoms with Gasteiger partial charge in [-0.1, -0.05) is 13.0 Å². The zero-order chi connectivity index (χ0) is 14.4. The fourth-order valence-electron chi connectivity index (χ4n) is 1.86. The van der Waals surface area contributed by atoms with E-state index in [2.05, 4.69) is 10.00 Å². The summed E-state index contributed by atoms with van der Waals surface area (Å²) in [6, 6.07) is 0. The summed E-state index contributed by atoms with van der Waals surface area (Å²) in [7, 11) is 5.54. The molecule has 0 amide bonds. The van der Waals surface area contributed by atoms with Gasteiger partial charge in [0.1, 0.15) is 0 Å². The van der Waals surface area contributed by atoms with E-state index in [1.165, 1.54) is 0 Å². The van der Waals surface area contributed by atoms with Crippen molar-refractivity contribution in [3.8, 4) is 5.75 Å². The number of hydrogen-bond acceptors (Lipinski definition) is 4. The highest BCUT2D eigenvalue weighted by molar-refractivity contribution is 6.09. The van der Waals surface area contributed by atoms with Crippen LogP contribution in [-0.4, -0.2) is 48.2 Å². The molecule has 0 aromatic carbocycles. The van der Waals surface area contributed by atoms with Crippen LogP contribution in [0.4, 0.5) is 0 Å². The number of Topliss-reactive ketones (excluding diaryl/α,β-unsaturated/α-hetero) is 1. The summed E-state index contributed by atoms with van der Waals surface area (Å²) < 4.78 is 6.97. The Morgan fingerprint density at radius 1 is 1.53 bits per heavy atom. The van der Waals surface area contributed by atoms with Crippen LogP contribution in [0.2, 0.25) is 0 Å². The Morgan fingerprint density at radius 3 is 2.68 bits per heavy atom. The van der Waals surface area contributed by atoms with Gasteiger partial charge in [-0.05, 0) is 33.0 Å². The molecular weight excluding hydrogens is 242 g/mol. The maximum absolute atomic E-state index is 12.5. The van der Waals surface area contributed by atoms with Crippen molar-refractivity contribution in [3.63, 3.8) is 0 Å². The van der Waals surface area contributed by atoms with E-state index >= 15 is 0 Å². The molecule has 5 heteroatoms. The van der Waals surface area contributed by atoms with E-state index in [1.807, 2.05) is 34.0 Å². The van der Waals surface area contributed by atoms with Gasteiger partial charge in [-0.15, -0.1) is 0 Å². The molecule has 0 fully saturated rings. The smallest absolute Gasteiger partial charge is 0.210 e. The molecule has 5 nitrogen and oxygen atoms in total. The van der Waals surface area contributed by atoms with Crippen molar-refractivity contribution in [2.24, 2.45) is 0 Å². The molecule has 0 saturated heterocycles. The van der Waals surface area contributed by atoms with Crippen LogP contribution in [0.25, 0.3) is 0 Å². The van der Waals surface area contributed by atoms with Gasteiger partial charge in [0.25, 0.3) is 0 Å². The quantitative estimate of drug-likeness (QED) is 0.559. The summed E-state index contributed by atoms with van der Waals surface area (Å²) >= 11 is 0. The highest BCUT2D eigenvalue weighted by Crippen LogP contribution is 2.22. The predicted molar refractivity (Wildman–Crippen MR) is 75.7 cm³/mol. The van der Waals surface area contributed by atoms with Gasteiger partial charge in [-0.25, -0.2) is 0 Å². The van der Waals surface area contributed by atoms with Crippen LogP contribution >= 0.6 is 0 Å². The van der Waals surface area contributed by atoms with Crippen LogP contribution in [0.5, 0.6) is 5.75 Å². The first-order chi connectivity index (χ1) is 9.04. The molecule has 0 spiro atoms. The van der Waals surface area contributed by atoms with Crippen molar-refractivity contribution in [1.82, 2.24) is 14.7 Å². The van der Waals surface area contributed by atoms with Gasteiger partial charge in [0.15, 0.2) is 11.4 Å². The molecule has 0 atom stereocenters. The number of ether oxygens (including phenoxy) is 1. The number of rotatable bonds is 7. The number of hydrogen-bond donors (Lipinski definition) is 0. The van der Waals surface area contributed by atoms with Crippen LogP contribution in [0.1, 0.15) is 30.8 Å². The molecule has 1 rings (SSSR count). The van der Waals surface area contributed by atoms with Gasteiger partial charge in [0.05, 0.1) is 19.9 Å². The number of aromatic nitrogens is 2. The van der Waals surface area contributed by atoms with E-state index in [1.54, 1.807) is 18.0 Å². The molecule has 19 heavy (non-hydrogen) atoms. The lowest BCUT2D eigenvalue weighted by molar-refractivity contribution is 0.101. The van der Waals surface area contributed by atoms with Crippen LogP contribution in [0, 0.1) is 0 Å². The van der Waals surface area contributed by atoms with E-state index in [0.29, 0.717) is 24.4 Å². The number of nitrogens with zero attached hydrogens (tertiary/aromatic N) is 3. The summed E-state index contributed by atoms with van der Waals surface area (Å²) in [5, 5.41) is 4.25. The Kier molecular flexibility index (Phi) is 5.76. The average Bonchev–Trinajstić information content (AvgIpc) is 2.80. The summed E-state index contributed by atoms with van der Waals surface area (Å²) in [5.41, 5.74) is 1.32. The Bertz CT molecular complexity index is 461. The Morgan fingerprint density at radius 2 is 2.21 bits per heavy atom. The third-order valence-corrected chi connectivity index (χ3v) is 3.02. The van der Waals surface area contributed by atoms with Gasteiger partial charge in [-0.2, -0.15) is 5.10 Å². The summed E-state index contributed by atoms with van der Waals surface area (Å²) in [4.78, 5) is 14.5. The Labute approximate surface area is 114 Å². The minimum Gasteiger partial charge on any atom is -0.493 e. The largest absolute Gasteiger partial charge is 0.493 e. The molecule has 0 unspecified atom stereocenters. The fourth-order valence-corrected chi connectivity index (χ4v) is 1.86. The average molecular weight is 265 g/mol. The molecule has 1 heterocycles. The van der Waals surface area contributed by atoms with E-state index in [4.69, 9.17) is 4.74 Å². The molecule has 1 aromatic rings. The first-order valence-corrected chi connectivity index (χ1v) is 6.49. The van der Waals surface area contributed by atoms with Crippen LogP contribution in [0.3, 0.4) is 0 Å². The second kappa shape index (κ2) is 7.09. The molecule has 106 valence electrons. The predicted octanol–water partition coefficient (Wildman–Crippen LogP) is 1.99. The Balaban J connectivity index is 3.08. The summed E-state index contributed by atoms with van der Waals surface area (Å²) in [6.07, 6.45) is 4.16. The lowest BCUT2D eigenvalue weighted by Gasteiger charge is -2.12. The maximum Gasteiger partial charge on any atom is 0.210 e. The maximum atomic E-state index is 12.5. The second-order valence-corrected chi connectivity index (χ2v) is 4.58. The molecular formula is C14H23N3O2. The molecule has 0 aliphatic rings. The van der Waals surface area contributed by atoms with Crippen molar-refractivity contribution < 1.29 is 9.53 Å². The normalized spacial score (nSPS) is 12.0. The van der Waals surface area contributed by atoms with Crippen molar-refractivity contribution in [1.29, 1.82) is 0 Å². The highest BCUT2D eigenvalue weighted by Gasteiger charge is 2.21. The van der Waals surface area contributed by atoms with E-state index in [9.17, 15) is 4.79 Å². The Hall–Kier alpha value is -1.62. The first kappa shape index (κ1) is 15.4. The monoisotopic (exact) mass is 265 g/mol. The van der Waals surface area contributed by atoms with E-state index < -0.39 is 0 Å².